The maximum atomic E-state index is 12.3. The highest BCUT2D eigenvalue weighted by Crippen LogP contribution is 2.32. The van der Waals surface area contributed by atoms with E-state index in [4.69, 9.17) is 9.84 Å². The van der Waals surface area contributed by atoms with Crippen LogP contribution in [0.2, 0.25) is 0 Å². The molecule has 2 heterocycles. The van der Waals surface area contributed by atoms with Crippen molar-refractivity contribution < 1.29 is 19.4 Å². The van der Waals surface area contributed by atoms with E-state index in [0.717, 1.165) is 19.4 Å². The maximum absolute atomic E-state index is 12.3. The van der Waals surface area contributed by atoms with E-state index in [1.807, 2.05) is 0 Å². The quantitative estimate of drug-likeness (QED) is 0.869. The lowest BCUT2D eigenvalue weighted by Gasteiger charge is -2.14. The summed E-state index contributed by atoms with van der Waals surface area (Å²) in [6.07, 6.45) is 2.70. The highest BCUT2D eigenvalue weighted by molar-refractivity contribution is 6.16. The van der Waals surface area contributed by atoms with E-state index in [1.54, 1.807) is 12.1 Å². The van der Waals surface area contributed by atoms with Gasteiger partial charge in [-0.25, -0.2) is 4.79 Å². The van der Waals surface area contributed by atoms with Crippen LogP contribution in [0.1, 0.15) is 40.0 Å². The number of hydrogen-bond acceptors (Lipinski definition) is 4. The van der Waals surface area contributed by atoms with Gasteiger partial charge in [-0.05, 0) is 25.0 Å². The number of carbonyl (C=O) groups excluding carboxylic acids is 1. The second kappa shape index (κ2) is 4.66. The van der Waals surface area contributed by atoms with Crippen LogP contribution in [0.15, 0.2) is 18.2 Å². The Morgan fingerprint density at radius 2 is 2.32 bits per heavy atom. The predicted octanol–water partition coefficient (Wildman–Crippen LogP) is 1.93. The number of carbonyl (C=O) groups is 2. The number of ether oxygens (including phenoxy) is 1. The van der Waals surface area contributed by atoms with Gasteiger partial charge in [-0.3, -0.25) is 4.79 Å². The first-order valence-corrected chi connectivity index (χ1v) is 6.45. The number of fused-ring (bicyclic) bond motifs is 1. The van der Waals surface area contributed by atoms with E-state index in [1.165, 1.54) is 6.07 Å². The molecule has 0 saturated carbocycles. The molecule has 5 nitrogen and oxygen atoms in total. The van der Waals surface area contributed by atoms with Gasteiger partial charge < -0.3 is 15.2 Å². The van der Waals surface area contributed by atoms with Gasteiger partial charge in [0.1, 0.15) is 0 Å². The third-order valence-electron chi connectivity index (χ3n) is 3.71. The Hall–Kier alpha value is -1.88. The molecule has 3 rings (SSSR count). The van der Waals surface area contributed by atoms with Crippen molar-refractivity contribution in [2.75, 3.05) is 11.9 Å². The predicted molar refractivity (Wildman–Crippen MR) is 68.7 cm³/mol. The van der Waals surface area contributed by atoms with E-state index in [0.29, 0.717) is 17.7 Å². The Bertz CT molecular complexity index is 534. The van der Waals surface area contributed by atoms with Gasteiger partial charge in [-0.1, -0.05) is 6.07 Å². The molecular formula is C14H15NO4. The van der Waals surface area contributed by atoms with Crippen LogP contribution in [0.4, 0.5) is 5.69 Å². The zero-order chi connectivity index (χ0) is 13.4. The number of Topliss-reactive ketones (excluding diaryl/α,β-unsaturated/α-hetero) is 1. The molecule has 1 aromatic carbocycles. The van der Waals surface area contributed by atoms with Gasteiger partial charge in [0.15, 0.2) is 5.78 Å². The Kier molecular flexibility index (Phi) is 2.98. The molecule has 2 aliphatic heterocycles. The van der Waals surface area contributed by atoms with Crippen LogP contribution in [0, 0.1) is 0 Å². The lowest BCUT2D eigenvalue weighted by atomic mass is 9.98. The monoisotopic (exact) mass is 261 g/mol. The van der Waals surface area contributed by atoms with E-state index in [-0.39, 0.29) is 23.5 Å². The second-order valence-corrected chi connectivity index (χ2v) is 4.97. The number of benzene rings is 1. The van der Waals surface area contributed by atoms with Crippen LogP contribution >= 0.6 is 0 Å². The smallest absolute Gasteiger partial charge is 0.336 e. The van der Waals surface area contributed by atoms with Crippen LogP contribution in [-0.4, -0.2) is 35.6 Å². The standard InChI is InChI=1S/C14H15NO4/c16-13-11(7-8-3-2-6-19-8)15-10-5-1-4-9(12(10)13)14(17)18/h1,4-5,8,11,15H,2-3,6-7H2,(H,17,18)/t8-,11-/m0/s1. The minimum Gasteiger partial charge on any atom is -0.478 e. The van der Waals surface area contributed by atoms with Crippen molar-refractivity contribution in [2.45, 2.75) is 31.4 Å². The lowest BCUT2D eigenvalue weighted by Crippen LogP contribution is -2.28. The number of hydrogen-bond donors (Lipinski definition) is 2. The molecule has 0 spiro atoms. The van der Waals surface area contributed by atoms with Crippen LogP contribution in [0.3, 0.4) is 0 Å². The lowest BCUT2D eigenvalue weighted by molar-refractivity contribution is 0.0691. The number of rotatable bonds is 3. The summed E-state index contributed by atoms with van der Waals surface area (Å²) >= 11 is 0. The van der Waals surface area contributed by atoms with Crippen molar-refractivity contribution in [3.8, 4) is 0 Å². The number of carboxylic acid groups (broad SMARTS) is 1. The fraction of sp³-hybridized carbons (Fsp3) is 0.429. The molecular weight excluding hydrogens is 246 g/mol. The fourth-order valence-electron chi connectivity index (χ4n) is 2.80. The summed E-state index contributed by atoms with van der Waals surface area (Å²) in [6.45, 7) is 0.749. The molecule has 100 valence electrons. The van der Waals surface area contributed by atoms with Gasteiger partial charge in [-0.15, -0.1) is 0 Å². The molecule has 2 atom stereocenters. The minimum atomic E-state index is -1.07. The number of aromatic carboxylic acids is 1. The topological polar surface area (TPSA) is 75.6 Å². The first-order valence-electron chi connectivity index (χ1n) is 6.45. The Balaban J connectivity index is 1.85. The van der Waals surface area contributed by atoms with Gasteiger partial charge in [0.25, 0.3) is 0 Å². The molecule has 2 aliphatic rings. The molecule has 2 N–H and O–H groups in total. The fourth-order valence-corrected chi connectivity index (χ4v) is 2.80. The second-order valence-electron chi connectivity index (χ2n) is 4.97. The summed E-state index contributed by atoms with van der Waals surface area (Å²) < 4.78 is 5.53. The summed E-state index contributed by atoms with van der Waals surface area (Å²) in [4.78, 5) is 23.5. The zero-order valence-corrected chi connectivity index (χ0v) is 10.4. The molecule has 19 heavy (non-hydrogen) atoms. The van der Waals surface area contributed by atoms with Crippen LogP contribution in [-0.2, 0) is 4.74 Å². The first-order chi connectivity index (χ1) is 9.16. The van der Waals surface area contributed by atoms with Crippen molar-refractivity contribution in [1.29, 1.82) is 0 Å². The summed E-state index contributed by atoms with van der Waals surface area (Å²) in [6, 6.07) is 4.50. The van der Waals surface area contributed by atoms with Gasteiger partial charge in [0, 0.05) is 18.7 Å². The Morgan fingerprint density at radius 1 is 1.47 bits per heavy atom. The number of carboxylic acids is 1. The summed E-state index contributed by atoms with van der Waals surface area (Å²) in [5.41, 5.74) is 0.996. The SMILES string of the molecule is O=C(O)c1cccc2c1C(=O)[C@H](C[C@@H]1CCCO1)N2. The van der Waals surface area contributed by atoms with Crippen molar-refractivity contribution in [3.05, 3.63) is 29.3 Å². The molecule has 1 fully saturated rings. The Morgan fingerprint density at radius 3 is 3.00 bits per heavy atom. The normalized spacial score (nSPS) is 25.2. The highest BCUT2D eigenvalue weighted by Gasteiger charge is 2.35. The van der Waals surface area contributed by atoms with Crippen LogP contribution in [0.25, 0.3) is 0 Å². The average Bonchev–Trinajstić information content (AvgIpc) is 2.99. The minimum absolute atomic E-state index is 0.0739. The van der Waals surface area contributed by atoms with E-state index < -0.39 is 5.97 Å². The molecule has 5 heteroatoms. The molecule has 1 saturated heterocycles. The highest BCUT2D eigenvalue weighted by atomic mass is 16.5. The van der Waals surface area contributed by atoms with Gasteiger partial charge in [-0.2, -0.15) is 0 Å². The Labute approximate surface area is 110 Å². The van der Waals surface area contributed by atoms with Crippen molar-refractivity contribution >= 4 is 17.4 Å². The van der Waals surface area contributed by atoms with Gasteiger partial charge in [0.05, 0.1) is 23.3 Å². The maximum Gasteiger partial charge on any atom is 0.336 e. The number of nitrogens with one attached hydrogen (secondary N) is 1. The molecule has 1 aromatic rings. The third-order valence-corrected chi connectivity index (χ3v) is 3.71. The number of anilines is 1. The van der Waals surface area contributed by atoms with Crippen molar-refractivity contribution in [1.82, 2.24) is 0 Å². The van der Waals surface area contributed by atoms with Gasteiger partial charge >= 0.3 is 5.97 Å². The molecule has 0 amide bonds. The molecule has 0 unspecified atom stereocenters. The molecule has 0 radical (unpaired) electrons. The van der Waals surface area contributed by atoms with Crippen LogP contribution < -0.4 is 5.32 Å². The van der Waals surface area contributed by atoms with E-state index in [2.05, 4.69) is 5.32 Å². The zero-order valence-electron chi connectivity index (χ0n) is 10.4. The van der Waals surface area contributed by atoms with Crippen LogP contribution in [0.5, 0.6) is 0 Å². The summed E-state index contributed by atoms with van der Waals surface area (Å²) in [7, 11) is 0. The van der Waals surface area contributed by atoms with Crippen molar-refractivity contribution in [2.24, 2.45) is 0 Å². The first kappa shape index (κ1) is 12.2. The molecule has 0 aromatic heterocycles. The van der Waals surface area contributed by atoms with Crippen molar-refractivity contribution in [3.63, 3.8) is 0 Å². The summed E-state index contributed by atoms with van der Waals surface area (Å²) in [5, 5.41) is 12.2. The molecule has 0 aliphatic carbocycles. The van der Waals surface area contributed by atoms with Gasteiger partial charge in [0.2, 0.25) is 0 Å². The molecule has 0 bridgehead atoms. The largest absolute Gasteiger partial charge is 0.478 e. The van der Waals surface area contributed by atoms with E-state index >= 15 is 0 Å². The third kappa shape index (κ3) is 2.10. The average molecular weight is 261 g/mol. The summed E-state index contributed by atoms with van der Waals surface area (Å²) in [5.74, 6) is -1.20. The number of ketones is 1. The van der Waals surface area contributed by atoms with E-state index in [9.17, 15) is 9.59 Å².